The molecule has 152 valence electrons. The van der Waals surface area contributed by atoms with E-state index in [-0.39, 0.29) is 30.8 Å². The molecular weight excluding hydrogens is 380 g/mol. The first-order chi connectivity index (χ1) is 14.0. The molecule has 0 aromatic heterocycles. The van der Waals surface area contributed by atoms with Crippen molar-refractivity contribution in [3.8, 4) is 0 Å². The highest BCUT2D eigenvalue weighted by molar-refractivity contribution is 5.98. The lowest BCUT2D eigenvalue weighted by atomic mass is 10.1. The summed E-state index contributed by atoms with van der Waals surface area (Å²) >= 11 is 0. The lowest BCUT2D eigenvalue weighted by molar-refractivity contribution is -0.124. The number of nitrogens with one attached hydrogen (secondary N) is 2. The van der Waals surface area contributed by atoms with Crippen LogP contribution in [0.2, 0.25) is 0 Å². The van der Waals surface area contributed by atoms with Crippen LogP contribution in [0.5, 0.6) is 0 Å². The number of carbonyl (C=O) groups is 3. The summed E-state index contributed by atoms with van der Waals surface area (Å²) in [4.78, 5) is 38.5. The standard InChI is InChI=1S/C21H21F2N3O3/c22-16-7-3-14(4-8-16)19(27)24-11-12-25-20(28)18-2-1-13-26(18)21(29)15-5-9-17(23)10-6-15/h3-10,18H,1-2,11-13H2,(H,24,27)(H,25,28)/t18-/m0/s1. The van der Waals surface area contributed by atoms with Gasteiger partial charge in [-0.3, -0.25) is 14.4 Å². The van der Waals surface area contributed by atoms with E-state index < -0.39 is 17.7 Å². The fourth-order valence-corrected chi connectivity index (χ4v) is 3.22. The Labute approximate surface area is 166 Å². The molecule has 0 bridgehead atoms. The largest absolute Gasteiger partial charge is 0.353 e. The van der Waals surface area contributed by atoms with Crippen LogP contribution in [0.25, 0.3) is 0 Å². The molecule has 3 rings (SSSR count). The summed E-state index contributed by atoms with van der Waals surface area (Å²) in [6, 6.07) is 9.77. The fourth-order valence-electron chi connectivity index (χ4n) is 3.22. The molecule has 0 saturated carbocycles. The fraction of sp³-hybridized carbons (Fsp3) is 0.286. The summed E-state index contributed by atoms with van der Waals surface area (Å²) in [6.45, 7) is 0.844. The third kappa shape index (κ3) is 5.16. The molecule has 1 fully saturated rings. The van der Waals surface area contributed by atoms with Crippen molar-refractivity contribution in [2.24, 2.45) is 0 Å². The van der Waals surface area contributed by atoms with Crippen LogP contribution in [0, 0.1) is 11.6 Å². The Kier molecular flexibility index (Phi) is 6.54. The minimum absolute atomic E-state index is 0.195. The Hall–Kier alpha value is -3.29. The van der Waals surface area contributed by atoms with Crippen molar-refractivity contribution in [1.82, 2.24) is 15.5 Å². The number of likely N-dealkylation sites (tertiary alicyclic amines) is 1. The zero-order valence-corrected chi connectivity index (χ0v) is 15.7. The molecule has 0 aliphatic carbocycles. The molecule has 6 nitrogen and oxygen atoms in total. The SMILES string of the molecule is O=C(NCCNC(=O)[C@@H]1CCCN1C(=O)c1ccc(F)cc1)c1ccc(F)cc1. The Morgan fingerprint density at radius 2 is 1.41 bits per heavy atom. The van der Waals surface area contributed by atoms with Gasteiger partial charge in [-0.05, 0) is 61.4 Å². The zero-order chi connectivity index (χ0) is 20.8. The first-order valence-corrected chi connectivity index (χ1v) is 9.34. The van der Waals surface area contributed by atoms with E-state index in [1.54, 1.807) is 0 Å². The molecule has 8 heteroatoms. The van der Waals surface area contributed by atoms with E-state index in [1.165, 1.54) is 53.4 Å². The number of hydrogen-bond acceptors (Lipinski definition) is 3. The normalized spacial score (nSPS) is 15.8. The maximum Gasteiger partial charge on any atom is 0.254 e. The second kappa shape index (κ2) is 9.27. The molecule has 1 heterocycles. The summed E-state index contributed by atoms with van der Waals surface area (Å²) < 4.78 is 25.9. The Morgan fingerprint density at radius 1 is 0.862 bits per heavy atom. The van der Waals surface area contributed by atoms with E-state index in [0.717, 1.165) is 0 Å². The molecule has 1 aliphatic heterocycles. The molecular formula is C21H21F2N3O3. The van der Waals surface area contributed by atoms with Gasteiger partial charge in [0.15, 0.2) is 0 Å². The van der Waals surface area contributed by atoms with Crippen LogP contribution in [0.15, 0.2) is 48.5 Å². The molecule has 0 unspecified atom stereocenters. The van der Waals surface area contributed by atoms with E-state index in [1.807, 2.05) is 0 Å². The van der Waals surface area contributed by atoms with Crippen molar-refractivity contribution in [3.05, 3.63) is 71.3 Å². The Morgan fingerprint density at radius 3 is 2.03 bits per heavy atom. The highest BCUT2D eigenvalue weighted by atomic mass is 19.1. The number of amides is 3. The number of halogens is 2. The monoisotopic (exact) mass is 401 g/mol. The van der Waals surface area contributed by atoms with Crippen LogP contribution >= 0.6 is 0 Å². The zero-order valence-electron chi connectivity index (χ0n) is 15.7. The predicted molar refractivity (Wildman–Crippen MR) is 102 cm³/mol. The lowest BCUT2D eigenvalue weighted by Gasteiger charge is -2.24. The minimum Gasteiger partial charge on any atom is -0.353 e. The predicted octanol–water partition coefficient (Wildman–Crippen LogP) is 2.12. The van der Waals surface area contributed by atoms with Gasteiger partial charge in [0.25, 0.3) is 11.8 Å². The van der Waals surface area contributed by atoms with Gasteiger partial charge in [-0.15, -0.1) is 0 Å². The smallest absolute Gasteiger partial charge is 0.254 e. The van der Waals surface area contributed by atoms with Crippen molar-refractivity contribution >= 4 is 17.7 Å². The molecule has 29 heavy (non-hydrogen) atoms. The van der Waals surface area contributed by atoms with Crippen LogP contribution in [0.1, 0.15) is 33.6 Å². The first-order valence-electron chi connectivity index (χ1n) is 9.34. The number of carbonyl (C=O) groups excluding carboxylic acids is 3. The van der Waals surface area contributed by atoms with Gasteiger partial charge in [0.2, 0.25) is 5.91 Å². The van der Waals surface area contributed by atoms with E-state index in [0.29, 0.717) is 30.5 Å². The van der Waals surface area contributed by atoms with Gasteiger partial charge in [-0.2, -0.15) is 0 Å². The van der Waals surface area contributed by atoms with Gasteiger partial charge in [-0.25, -0.2) is 8.78 Å². The van der Waals surface area contributed by atoms with Gasteiger partial charge in [-0.1, -0.05) is 0 Å². The Bertz CT molecular complexity index is 885. The van der Waals surface area contributed by atoms with E-state index in [2.05, 4.69) is 10.6 Å². The molecule has 2 N–H and O–H groups in total. The number of nitrogens with zero attached hydrogens (tertiary/aromatic N) is 1. The van der Waals surface area contributed by atoms with Crippen molar-refractivity contribution < 1.29 is 23.2 Å². The number of benzene rings is 2. The average Bonchev–Trinajstić information content (AvgIpc) is 3.21. The van der Waals surface area contributed by atoms with E-state index >= 15 is 0 Å². The third-order valence-electron chi connectivity index (χ3n) is 4.72. The second-order valence-corrected chi connectivity index (χ2v) is 6.72. The molecule has 2 aromatic rings. The van der Waals surface area contributed by atoms with Crippen LogP contribution in [-0.4, -0.2) is 48.3 Å². The van der Waals surface area contributed by atoms with Gasteiger partial charge in [0.1, 0.15) is 17.7 Å². The average molecular weight is 401 g/mol. The minimum atomic E-state index is -0.597. The van der Waals surface area contributed by atoms with Gasteiger partial charge in [0, 0.05) is 30.8 Å². The highest BCUT2D eigenvalue weighted by Gasteiger charge is 2.34. The summed E-state index contributed by atoms with van der Waals surface area (Å²) in [6.07, 6.45) is 1.24. The van der Waals surface area contributed by atoms with Crippen LogP contribution < -0.4 is 10.6 Å². The summed E-state index contributed by atoms with van der Waals surface area (Å²) in [5.41, 5.74) is 0.655. The van der Waals surface area contributed by atoms with Gasteiger partial charge < -0.3 is 15.5 Å². The topological polar surface area (TPSA) is 78.5 Å². The lowest BCUT2D eigenvalue weighted by Crippen LogP contribution is -2.47. The molecule has 2 aromatic carbocycles. The van der Waals surface area contributed by atoms with Crippen molar-refractivity contribution in [3.63, 3.8) is 0 Å². The first kappa shape index (κ1) is 20.4. The molecule has 3 amide bonds. The molecule has 1 atom stereocenters. The second-order valence-electron chi connectivity index (χ2n) is 6.72. The number of hydrogen-bond donors (Lipinski definition) is 2. The summed E-state index contributed by atoms with van der Waals surface area (Å²) in [5, 5.41) is 5.36. The van der Waals surface area contributed by atoms with E-state index in [4.69, 9.17) is 0 Å². The van der Waals surface area contributed by atoms with Crippen LogP contribution in [-0.2, 0) is 4.79 Å². The maximum absolute atomic E-state index is 13.1. The van der Waals surface area contributed by atoms with Crippen molar-refractivity contribution in [2.75, 3.05) is 19.6 Å². The molecule has 0 radical (unpaired) electrons. The molecule has 1 aliphatic rings. The summed E-state index contributed by atoms with van der Waals surface area (Å²) in [7, 11) is 0. The van der Waals surface area contributed by atoms with Crippen molar-refractivity contribution in [2.45, 2.75) is 18.9 Å². The third-order valence-corrected chi connectivity index (χ3v) is 4.72. The Balaban J connectivity index is 1.48. The summed E-state index contributed by atoms with van der Waals surface area (Å²) in [5.74, 6) is -1.83. The highest BCUT2D eigenvalue weighted by Crippen LogP contribution is 2.20. The maximum atomic E-state index is 13.1. The van der Waals surface area contributed by atoms with Crippen LogP contribution in [0.3, 0.4) is 0 Å². The molecule has 0 spiro atoms. The quantitative estimate of drug-likeness (QED) is 0.728. The van der Waals surface area contributed by atoms with Crippen LogP contribution in [0.4, 0.5) is 8.78 Å². The number of rotatable bonds is 6. The van der Waals surface area contributed by atoms with Crippen molar-refractivity contribution in [1.29, 1.82) is 0 Å². The van der Waals surface area contributed by atoms with E-state index in [9.17, 15) is 23.2 Å². The van der Waals surface area contributed by atoms with Gasteiger partial charge in [0.05, 0.1) is 0 Å². The molecule has 1 saturated heterocycles. The van der Waals surface area contributed by atoms with Gasteiger partial charge >= 0.3 is 0 Å².